The number of hydrogen-bond donors (Lipinski definition) is 1. The summed E-state index contributed by atoms with van der Waals surface area (Å²) in [6, 6.07) is 7.79. The SMILES string of the molecule is CCCCC1CCC(C(=O)N2CCc3[nH]nc(-c4cccc(Cl)c4)c3C2)CC1. The Balaban J connectivity index is 1.43. The van der Waals surface area contributed by atoms with E-state index < -0.39 is 0 Å². The fourth-order valence-corrected chi connectivity index (χ4v) is 5.00. The summed E-state index contributed by atoms with van der Waals surface area (Å²) in [4.78, 5) is 15.2. The molecule has 4 rings (SSSR count). The fraction of sp³-hybridized carbons (Fsp3) is 0.565. The highest BCUT2D eigenvalue weighted by Gasteiger charge is 2.32. The third-order valence-corrected chi connectivity index (χ3v) is 6.74. The summed E-state index contributed by atoms with van der Waals surface area (Å²) in [7, 11) is 0. The largest absolute Gasteiger partial charge is 0.338 e. The van der Waals surface area contributed by atoms with Crippen LogP contribution < -0.4 is 0 Å². The fourth-order valence-electron chi connectivity index (χ4n) is 4.81. The summed E-state index contributed by atoms with van der Waals surface area (Å²) in [5, 5.41) is 8.42. The first-order valence-electron chi connectivity index (χ1n) is 10.8. The molecule has 0 bridgehead atoms. The minimum atomic E-state index is 0.209. The van der Waals surface area contributed by atoms with Crippen molar-refractivity contribution in [2.24, 2.45) is 11.8 Å². The van der Waals surface area contributed by atoms with E-state index >= 15 is 0 Å². The average molecular weight is 400 g/mol. The molecule has 1 aliphatic carbocycles. The van der Waals surface area contributed by atoms with Crippen LogP contribution in [-0.4, -0.2) is 27.5 Å². The molecule has 0 atom stereocenters. The summed E-state index contributed by atoms with van der Waals surface area (Å²) < 4.78 is 0. The van der Waals surface area contributed by atoms with Gasteiger partial charge in [0.15, 0.2) is 0 Å². The number of unbranched alkanes of at least 4 members (excludes halogenated alkanes) is 1. The Morgan fingerprint density at radius 3 is 2.86 bits per heavy atom. The molecule has 1 fully saturated rings. The number of H-pyrrole nitrogens is 1. The predicted octanol–water partition coefficient (Wildman–Crippen LogP) is 5.61. The Hall–Kier alpha value is -1.81. The summed E-state index contributed by atoms with van der Waals surface area (Å²) in [5.74, 6) is 1.39. The zero-order valence-corrected chi connectivity index (χ0v) is 17.5. The molecule has 1 saturated carbocycles. The molecule has 2 heterocycles. The Labute approximate surface area is 172 Å². The van der Waals surface area contributed by atoms with Crippen LogP contribution in [0.3, 0.4) is 0 Å². The molecule has 0 spiro atoms. The number of aromatic amines is 1. The molecular formula is C23H30ClN3O. The van der Waals surface area contributed by atoms with Crippen molar-refractivity contribution >= 4 is 17.5 Å². The Morgan fingerprint density at radius 1 is 1.29 bits per heavy atom. The van der Waals surface area contributed by atoms with Crippen molar-refractivity contribution in [2.45, 2.75) is 64.8 Å². The number of halogens is 1. The number of fused-ring (bicyclic) bond motifs is 1. The molecule has 1 aromatic carbocycles. The molecule has 5 heteroatoms. The molecule has 0 saturated heterocycles. The van der Waals surface area contributed by atoms with Gasteiger partial charge in [0.1, 0.15) is 0 Å². The van der Waals surface area contributed by atoms with Crippen LogP contribution in [0.1, 0.15) is 63.1 Å². The van der Waals surface area contributed by atoms with Crippen molar-refractivity contribution < 1.29 is 4.79 Å². The van der Waals surface area contributed by atoms with Gasteiger partial charge in [0.2, 0.25) is 5.91 Å². The average Bonchev–Trinajstić information content (AvgIpc) is 3.15. The molecule has 2 aliphatic rings. The summed E-state index contributed by atoms with van der Waals surface area (Å²) in [6.45, 7) is 3.70. The molecule has 150 valence electrons. The van der Waals surface area contributed by atoms with E-state index in [-0.39, 0.29) is 5.92 Å². The second-order valence-electron chi connectivity index (χ2n) is 8.41. The number of aromatic nitrogens is 2. The van der Waals surface area contributed by atoms with Crippen molar-refractivity contribution in [1.29, 1.82) is 0 Å². The van der Waals surface area contributed by atoms with Crippen LogP contribution >= 0.6 is 11.6 Å². The van der Waals surface area contributed by atoms with Crippen molar-refractivity contribution in [3.63, 3.8) is 0 Å². The molecule has 28 heavy (non-hydrogen) atoms. The topological polar surface area (TPSA) is 49.0 Å². The van der Waals surface area contributed by atoms with E-state index in [1.54, 1.807) is 0 Å². The van der Waals surface area contributed by atoms with Gasteiger partial charge >= 0.3 is 0 Å². The Morgan fingerprint density at radius 2 is 2.11 bits per heavy atom. The van der Waals surface area contributed by atoms with Crippen molar-refractivity contribution in [1.82, 2.24) is 15.1 Å². The summed E-state index contributed by atoms with van der Waals surface area (Å²) >= 11 is 6.17. The van der Waals surface area contributed by atoms with E-state index in [2.05, 4.69) is 22.0 Å². The molecule has 4 nitrogen and oxygen atoms in total. The highest BCUT2D eigenvalue weighted by Crippen LogP contribution is 2.35. The van der Waals surface area contributed by atoms with Gasteiger partial charge in [0.05, 0.1) is 5.69 Å². The van der Waals surface area contributed by atoms with Crippen molar-refractivity contribution in [3.8, 4) is 11.3 Å². The highest BCUT2D eigenvalue weighted by atomic mass is 35.5. The van der Waals surface area contributed by atoms with Gasteiger partial charge in [0, 0.05) is 47.3 Å². The molecule has 1 aliphatic heterocycles. The maximum Gasteiger partial charge on any atom is 0.225 e. The lowest BCUT2D eigenvalue weighted by molar-refractivity contribution is -0.137. The first-order valence-corrected chi connectivity index (χ1v) is 11.1. The van der Waals surface area contributed by atoms with E-state index in [0.29, 0.717) is 17.5 Å². The molecule has 2 aromatic rings. The van der Waals surface area contributed by atoms with E-state index in [1.807, 2.05) is 24.3 Å². The maximum absolute atomic E-state index is 13.2. The van der Waals surface area contributed by atoms with Crippen LogP contribution in [0.4, 0.5) is 0 Å². The number of nitrogens with zero attached hydrogens (tertiary/aromatic N) is 2. The zero-order valence-electron chi connectivity index (χ0n) is 16.7. The summed E-state index contributed by atoms with van der Waals surface area (Å²) in [6.07, 6.45) is 9.33. The van der Waals surface area contributed by atoms with Gasteiger partial charge in [-0.05, 0) is 43.7 Å². The highest BCUT2D eigenvalue weighted by molar-refractivity contribution is 6.30. The van der Waals surface area contributed by atoms with Gasteiger partial charge in [-0.2, -0.15) is 5.10 Å². The lowest BCUT2D eigenvalue weighted by Crippen LogP contribution is -2.40. The number of amides is 1. The number of benzene rings is 1. The number of carbonyl (C=O) groups excluding carboxylic acids is 1. The van der Waals surface area contributed by atoms with Crippen LogP contribution in [0, 0.1) is 11.8 Å². The monoisotopic (exact) mass is 399 g/mol. The van der Waals surface area contributed by atoms with Crippen LogP contribution in [0.25, 0.3) is 11.3 Å². The van der Waals surface area contributed by atoms with E-state index in [4.69, 9.17) is 11.6 Å². The Kier molecular flexibility index (Phi) is 6.05. The normalized spacial score (nSPS) is 22.1. The number of carbonyl (C=O) groups is 1. The first-order chi connectivity index (χ1) is 13.7. The molecular weight excluding hydrogens is 370 g/mol. The number of rotatable bonds is 5. The van der Waals surface area contributed by atoms with Gasteiger partial charge in [-0.15, -0.1) is 0 Å². The summed E-state index contributed by atoms with van der Waals surface area (Å²) in [5.41, 5.74) is 4.25. The van der Waals surface area contributed by atoms with Crippen LogP contribution in [-0.2, 0) is 17.8 Å². The minimum absolute atomic E-state index is 0.209. The molecule has 1 amide bonds. The third kappa shape index (κ3) is 4.12. The van der Waals surface area contributed by atoms with Crippen molar-refractivity contribution in [3.05, 3.63) is 40.5 Å². The predicted molar refractivity (Wildman–Crippen MR) is 113 cm³/mol. The van der Waals surface area contributed by atoms with Gasteiger partial charge in [0.25, 0.3) is 0 Å². The van der Waals surface area contributed by atoms with E-state index in [1.165, 1.54) is 32.1 Å². The van der Waals surface area contributed by atoms with Crippen LogP contribution in [0.2, 0.25) is 5.02 Å². The standard InChI is InChI=1S/C23H30ClN3O/c1-2-3-5-16-8-10-17(11-9-16)23(28)27-13-12-21-20(15-27)22(26-25-21)18-6-4-7-19(24)14-18/h4,6-7,14,16-17H,2-3,5,8-13,15H2,1H3,(H,25,26). The van der Waals surface area contributed by atoms with E-state index in [0.717, 1.165) is 54.2 Å². The minimum Gasteiger partial charge on any atom is -0.338 e. The van der Waals surface area contributed by atoms with Gasteiger partial charge < -0.3 is 4.90 Å². The lowest BCUT2D eigenvalue weighted by atomic mass is 9.79. The molecule has 1 aromatic heterocycles. The first kappa shape index (κ1) is 19.5. The quantitative estimate of drug-likeness (QED) is 0.710. The molecule has 0 radical (unpaired) electrons. The zero-order chi connectivity index (χ0) is 19.5. The number of nitrogens with one attached hydrogen (secondary N) is 1. The van der Waals surface area contributed by atoms with Crippen LogP contribution in [0.15, 0.2) is 24.3 Å². The third-order valence-electron chi connectivity index (χ3n) is 6.51. The second-order valence-corrected chi connectivity index (χ2v) is 8.85. The Bertz CT molecular complexity index is 823. The smallest absolute Gasteiger partial charge is 0.225 e. The molecule has 0 unspecified atom stereocenters. The van der Waals surface area contributed by atoms with Gasteiger partial charge in [-0.25, -0.2) is 0 Å². The van der Waals surface area contributed by atoms with Gasteiger partial charge in [-0.3, -0.25) is 9.89 Å². The molecule has 1 N–H and O–H groups in total. The van der Waals surface area contributed by atoms with Crippen LogP contribution in [0.5, 0.6) is 0 Å². The van der Waals surface area contributed by atoms with Crippen molar-refractivity contribution in [2.75, 3.05) is 6.54 Å². The second kappa shape index (κ2) is 8.69. The maximum atomic E-state index is 13.2. The lowest BCUT2D eigenvalue weighted by Gasteiger charge is -2.34. The van der Waals surface area contributed by atoms with E-state index in [9.17, 15) is 4.79 Å². The number of hydrogen-bond acceptors (Lipinski definition) is 2. The van der Waals surface area contributed by atoms with Gasteiger partial charge in [-0.1, -0.05) is 49.9 Å².